The van der Waals surface area contributed by atoms with Crippen LogP contribution >= 0.6 is 0 Å². The number of carbonyl (C=O) groups is 1. The van der Waals surface area contributed by atoms with Crippen LogP contribution < -0.4 is 20.1 Å². The molecular formula is C33H36N3O5+. The summed E-state index contributed by atoms with van der Waals surface area (Å²) in [6.45, 7) is 5.98. The Bertz CT molecular complexity index is 1470. The third kappa shape index (κ3) is 8.40. The molecule has 0 atom stereocenters. The first-order valence-corrected chi connectivity index (χ1v) is 13.5. The van der Waals surface area contributed by atoms with E-state index in [1.54, 1.807) is 18.2 Å². The predicted octanol–water partition coefficient (Wildman–Crippen LogP) is 6.02. The highest BCUT2D eigenvalue weighted by Gasteiger charge is 2.15. The van der Waals surface area contributed by atoms with Gasteiger partial charge in [0.25, 0.3) is 4.92 Å². The highest BCUT2D eigenvalue weighted by molar-refractivity contribution is 5.72. The molecule has 0 saturated carbocycles. The van der Waals surface area contributed by atoms with Crippen molar-refractivity contribution in [1.29, 1.82) is 0 Å². The van der Waals surface area contributed by atoms with E-state index < -0.39 is 0 Å². The van der Waals surface area contributed by atoms with Gasteiger partial charge < -0.3 is 20.1 Å². The molecule has 8 nitrogen and oxygen atoms in total. The summed E-state index contributed by atoms with van der Waals surface area (Å²) in [4.78, 5) is 28.2. The molecular weight excluding hydrogens is 518 g/mol. The van der Waals surface area contributed by atoms with Crippen molar-refractivity contribution in [3.05, 3.63) is 118 Å². The quantitative estimate of drug-likeness (QED) is 0.146. The smallest absolute Gasteiger partial charge is 0.317 e. The van der Waals surface area contributed by atoms with Crippen LogP contribution in [0.15, 0.2) is 91.0 Å². The van der Waals surface area contributed by atoms with Gasteiger partial charge in [0, 0.05) is 50.3 Å². The molecule has 0 radical (unpaired) electrons. The molecule has 1 amide bonds. The van der Waals surface area contributed by atoms with E-state index in [1.807, 2.05) is 42.5 Å². The van der Waals surface area contributed by atoms with Gasteiger partial charge in [0.1, 0.15) is 24.7 Å². The topological polar surface area (TPSA) is 88.9 Å². The van der Waals surface area contributed by atoms with Crippen LogP contribution in [0, 0.1) is 11.8 Å². The molecule has 0 unspecified atom stereocenters. The lowest BCUT2D eigenvalue weighted by molar-refractivity contribution is -0.736. The second-order valence-corrected chi connectivity index (χ2v) is 9.57. The van der Waals surface area contributed by atoms with Crippen molar-refractivity contribution in [2.75, 3.05) is 20.2 Å². The molecule has 2 N–H and O–H groups in total. The van der Waals surface area contributed by atoms with Gasteiger partial charge in [-0.3, -0.25) is 4.79 Å². The minimum absolute atomic E-state index is 0.0609. The molecule has 0 bridgehead atoms. The van der Waals surface area contributed by atoms with E-state index in [0.717, 1.165) is 16.7 Å². The van der Waals surface area contributed by atoms with Crippen molar-refractivity contribution in [3.63, 3.8) is 0 Å². The van der Waals surface area contributed by atoms with Crippen LogP contribution in [-0.2, 0) is 29.4 Å². The molecule has 4 aromatic rings. The summed E-state index contributed by atoms with van der Waals surface area (Å²) < 4.78 is 12.5. The van der Waals surface area contributed by atoms with E-state index in [4.69, 9.17) is 14.3 Å². The van der Waals surface area contributed by atoms with Gasteiger partial charge in [-0.25, -0.2) is 4.84 Å². The molecule has 0 aliphatic carbocycles. The maximum absolute atomic E-state index is 11.9. The van der Waals surface area contributed by atoms with Gasteiger partial charge in [0.2, 0.25) is 5.91 Å². The van der Waals surface area contributed by atoms with E-state index in [0.29, 0.717) is 48.4 Å². The normalized spacial score (nSPS) is 10.6. The lowest BCUT2D eigenvalue weighted by Gasteiger charge is -2.16. The van der Waals surface area contributed by atoms with Crippen LogP contribution in [0.3, 0.4) is 0 Å². The Kier molecular flexibility index (Phi) is 10.5. The fourth-order valence-electron chi connectivity index (χ4n) is 4.41. The standard InChI is InChI=1S/C33H35N3O5/c1-24-29(12-8-14-32(24)27-10-5-4-6-11-27)23-40-31-16-15-28(21-34-17-18-35-25(2)37)33(20-31)41-22-26-9-7-13-30(19-26)36(38)39-3/h4-16,19-20,34H,17-18,21-23H2,1-3H3/p+1. The molecule has 0 saturated heterocycles. The first-order valence-electron chi connectivity index (χ1n) is 13.5. The van der Waals surface area contributed by atoms with Crippen LogP contribution in [0.25, 0.3) is 11.1 Å². The summed E-state index contributed by atoms with van der Waals surface area (Å²) in [7, 11) is 1.33. The summed E-state index contributed by atoms with van der Waals surface area (Å²) in [6, 6.07) is 29.5. The molecule has 0 fully saturated rings. The second kappa shape index (κ2) is 14.6. The van der Waals surface area contributed by atoms with Gasteiger partial charge in [0.05, 0.1) is 4.91 Å². The average molecular weight is 555 g/mol. The molecule has 4 rings (SSSR count). The lowest BCUT2D eigenvalue weighted by atomic mass is 9.97. The molecule has 0 heterocycles. The number of hydrogen-bond acceptors (Lipinski definition) is 6. The number of nitrogens with zero attached hydrogens (tertiary/aromatic N) is 1. The predicted molar refractivity (Wildman–Crippen MR) is 159 cm³/mol. The summed E-state index contributed by atoms with van der Waals surface area (Å²) in [6.07, 6.45) is 0. The fourth-order valence-corrected chi connectivity index (χ4v) is 4.41. The lowest BCUT2D eigenvalue weighted by Crippen LogP contribution is -2.30. The second-order valence-electron chi connectivity index (χ2n) is 9.57. The van der Waals surface area contributed by atoms with Gasteiger partial charge in [-0.2, -0.15) is 0 Å². The zero-order valence-electron chi connectivity index (χ0n) is 23.7. The Balaban J connectivity index is 1.49. The Morgan fingerprint density at radius 3 is 2.41 bits per heavy atom. The third-order valence-corrected chi connectivity index (χ3v) is 6.64. The van der Waals surface area contributed by atoms with Crippen LogP contribution in [0.1, 0.15) is 29.2 Å². The van der Waals surface area contributed by atoms with Crippen molar-refractivity contribution in [2.24, 2.45) is 0 Å². The first-order chi connectivity index (χ1) is 19.9. The average Bonchev–Trinajstić information content (AvgIpc) is 3.00. The van der Waals surface area contributed by atoms with E-state index >= 15 is 0 Å². The van der Waals surface area contributed by atoms with Crippen molar-refractivity contribution in [3.8, 4) is 22.6 Å². The molecule has 0 aliphatic heterocycles. The molecule has 0 aromatic heterocycles. The molecule has 212 valence electrons. The van der Waals surface area contributed by atoms with Crippen LogP contribution in [-0.4, -0.2) is 31.0 Å². The van der Waals surface area contributed by atoms with Gasteiger partial charge in [-0.05, 0) is 40.8 Å². The third-order valence-electron chi connectivity index (χ3n) is 6.64. The highest BCUT2D eigenvalue weighted by Crippen LogP contribution is 2.29. The van der Waals surface area contributed by atoms with Crippen molar-refractivity contribution < 1.29 is 24.0 Å². The summed E-state index contributed by atoms with van der Waals surface area (Å²) in [5.41, 5.74) is 6.80. The molecule has 0 spiro atoms. The summed E-state index contributed by atoms with van der Waals surface area (Å²) >= 11 is 0. The zero-order valence-corrected chi connectivity index (χ0v) is 23.7. The maximum Gasteiger partial charge on any atom is 0.317 e. The number of ether oxygens (including phenoxy) is 2. The number of amides is 1. The SMILES string of the molecule is CO[N+](=O)c1cccc(COc2cc(OCc3cccc(-c4ccccc4)c3C)ccc2CNCCNC(C)=O)c1. The molecule has 41 heavy (non-hydrogen) atoms. The molecule has 0 aliphatic rings. The number of rotatable bonds is 14. The largest absolute Gasteiger partial charge is 0.489 e. The highest BCUT2D eigenvalue weighted by atomic mass is 16.8. The van der Waals surface area contributed by atoms with Crippen molar-refractivity contribution in [2.45, 2.75) is 33.6 Å². The fraction of sp³-hybridized carbons (Fsp3) is 0.242. The summed E-state index contributed by atoms with van der Waals surface area (Å²) in [5, 5.41) is 6.11. The Morgan fingerprint density at radius 1 is 0.829 bits per heavy atom. The maximum atomic E-state index is 11.9. The number of hydrogen-bond donors (Lipinski definition) is 2. The van der Waals surface area contributed by atoms with Gasteiger partial charge >= 0.3 is 5.69 Å². The van der Waals surface area contributed by atoms with Crippen LogP contribution in [0.2, 0.25) is 0 Å². The minimum Gasteiger partial charge on any atom is -0.489 e. The Labute approximate surface area is 240 Å². The minimum atomic E-state index is -0.0609. The van der Waals surface area contributed by atoms with Crippen molar-refractivity contribution >= 4 is 11.6 Å². The zero-order chi connectivity index (χ0) is 29.0. The van der Waals surface area contributed by atoms with Crippen LogP contribution in [0.4, 0.5) is 5.69 Å². The van der Waals surface area contributed by atoms with Gasteiger partial charge in [-0.15, -0.1) is 0 Å². The Hall–Kier alpha value is -4.69. The van der Waals surface area contributed by atoms with E-state index in [9.17, 15) is 9.70 Å². The molecule has 4 aromatic carbocycles. The van der Waals surface area contributed by atoms with E-state index in [2.05, 4.69) is 47.9 Å². The van der Waals surface area contributed by atoms with Crippen molar-refractivity contribution in [1.82, 2.24) is 10.6 Å². The van der Waals surface area contributed by atoms with E-state index in [-0.39, 0.29) is 12.5 Å². The van der Waals surface area contributed by atoms with Crippen LogP contribution in [0.5, 0.6) is 11.5 Å². The number of benzene rings is 4. The van der Waals surface area contributed by atoms with Gasteiger partial charge in [-0.1, -0.05) is 66.7 Å². The summed E-state index contributed by atoms with van der Waals surface area (Å²) in [5.74, 6) is 1.29. The molecule has 8 heteroatoms. The first kappa shape index (κ1) is 29.3. The van der Waals surface area contributed by atoms with E-state index in [1.165, 1.54) is 30.7 Å². The number of carbonyl (C=O) groups excluding carboxylic acids is 1. The Morgan fingerprint density at radius 2 is 1.63 bits per heavy atom. The monoisotopic (exact) mass is 554 g/mol. The number of nitrogens with one attached hydrogen (secondary N) is 2. The van der Waals surface area contributed by atoms with Gasteiger partial charge in [0.15, 0.2) is 7.11 Å².